The van der Waals surface area contributed by atoms with Gasteiger partial charge in [-0.2, -0.15) is 0 Å². The van der Waals surface area contributed by atoms with Crippen molar-refractivity contribution in [2.24, 2.45) is 11.3 Å². The van der Waals surface area contributed by atoms with Gasteiger partial charge in [0, 0.05) is 31.6 Å². The lowest BCUT2D eigenvalue weighted by Gasteiger charge is -2.35. The lowest BCUT2D eigenvalue weighted by atomic mass is 9.91. The molecule has 0 aromatic carbocycles. The van der Waals surface area contributed by atoms with Crippen LogP contribution in [-0.2, 0) is 9.59 Å². The number of likely N-dealkylation sites (N-methyl/N-ethyl adjacent to an activating group) is 1. The van der Waals surface area contributed by atoms with Crippen molar-refractivity contribution in [2.75, 3.05) is 32.7 Å². The van der Waals surface area contributed by atoms with E-state index < -0.39 is 0 Å². The van der Waals surface area contributed by atoms with Crippen LogP contribution in [-0.4, -0.2) is 49.4 Å². The Morgan fingerprint density at radius 2 is 1.95 bits per heavy atom. The van der Waals surface area contributed by atoms with Crippen LogP contribution in [0.1, 0.15) is 40.5 Å². The molecule has 2 N–H and O–H groups in total. The number of amides is 2. The Balaban J connectivity index is 2.44. The van der Waals surface area contributed by atoms with Crippen molar-refractivity contribution in [1.29, 1.82) is 0 Å². The van der Waals surface area contributed by atoms with Gasteiger partial charge in [-0.1, -0.05) is 27.7 Å². The molecule has 1 rings (SSSR count). The molecule has 1 fully saturated rings. The molecule has 0 aromatic heterocycles. The first kappa shape index (κ1) is 17.0. The van der Waals surface area contributed by atoms with Gasteiger partial charge in [-0.05, 0) is 19.4 Å². The summed E-state index contributed by atoms with van der Waals surface area (Å²) in [6.07, 6.45) is 1.79. The number of nitrogens with zero attached hydrogens (tertiary/aromatic N) is 1. The van der Waals surface area contributed by atoms with Gasteiger partial charge in [0.15, 0.2) is 0 Å². The zero-order valence-electron chi connectivity index (χ0n) is 13.3. The third kappa shape index (κ3) is 5.12. The Bertz CT molecular complexity index is 337. The molecular weight excluding hydrogens is 254 g/mol. The number of piperidine rings is 1. The second-order valence-corrected chi connectivity index (χ2v) is 6.48. The quantitative estimate of drug-likeness (QED) is 0.740. The van der Waals surface area contributed by atoms with Crippen LogP contribution in [0.5, 0.6) is 0 Å². The van der Waals surface area contributed by atoms with E-state index in [1.54, 1.807) is 0 Å². The molecule has 0 saturated carbocycles. The molecule has 20 heavy (non-hydrogen) atoms. The normalized spacial score (nSPS) is 19.8. The average molecular weight is 283 g/mol. The van der Waals surface area contributed by atoms with E-state index in [4.69, 9.17) is 0 Å². The number of hydrogen-bond acceptors (Lipinski definition) is 3. The van der Waals surface area contributed by atoms with Crippen LogP contribution in [0.4, 0.5) is 0 Å². The molecule has 116 valence electrons. The maximum absolute atomic E-state index is 12.3. The first-order chi connectivity index (χ1) is 9.36. The van der Waals surface area contributed by atoms with E-state index >= 15 is 0 Å². The molecule has 1 atom stereocenters. The maximum Gasteiger partial charge on any atom is 0.227 e. The molecule has 5 nitrogen and oxygen atoms in total. The summed E-state index contributed by atoms with van der Waals surface area (Å²) in [6, 6.07) is 0. The minimum absolute atomic E-state index is 0.0586. The third-order valence-corrected chi connectivity index (χ3v) is 3.57. The highest BCUT2D eigenvalue weighted by Crippen LogP contribution is 2.23. The fraction of sp³-hybridized carbons (Fsp3) is 0.867. The SMILES string of the molecule is CCNCCNC(=O)C1CCCN(C(=O)C(C)(C)C)C1. The van der Waals surface area contributed by atoms with Gasteiger partial charge in [0.25, 0.3) is 0 Å². The van der Waals surface area contributed by atoms with Crippen molar-refractivity contribution in [3.05, 3.63) is 0 Å². The molecule has 1 heterocycles. The van der Waals surface area contributed by atoms with Crippen molar-refractivity contribution < 1.29 is 9.59 Å². The largest absolute Gasteiger partial charge is 0.355 e. The highest BCUT2D eigenvalue weighted by Gasteiger charge is 2.33. The van der Waals surface area contributed by atoms with Gasteiger partial charge in [0.1, 0.15) is 0 Å². The number of nitrogens with one attached hydrogen (secondary N) is 2. The van der Waals surface area contributed by atoms with Crippen LogP contribution >= 0.6 is 0 Å². The molecule has 1 unspecified atom stereocenters. The van der Waals surface area contributed by atoms with E-state index in [0.717, 1.165) is 32.5 Å². The van der Waals surface area contributed by atoms with E-state index in [9.17, 15) is 9.59 Å². The van der Waals surface area contributed by atoms with E-state index in [0.29, 0.717) is 13.1 Å². The van der Waals surface area contributed by atoms with Gasteiger partial charge >= 0.3 is 0 Å². The molecular formula is C15H29N3O2. The molecule has 2 amide bonds. The molecule has 0 bridgehead atoms. The Kier molecular flexibility index (Phi) is 6.46. The fourth-order valence-corrected chi connectivity index (χ4v) is 2.45. The van der Waals surface area contributed by atoms with Gasteiger partial charge in [-0.3, -0.25) is 9.59 Å². The standard InChI is InChI=1S/C15H29N3O2/c1-5-16-8-9-17-13(19)12-7-6-10-18(11-12)14(20)15(2,3)4/h12,16H,5-11H2,1-4H3,(H,17,19). The van der Waals surface area contributed by atoms with E-state index in [1.807, 2.05) is 32.6 Å². The Morgan fingerprint density at radius 1 is 1.25 bits per heavy atom. The zero-order valence-corrected chi connectivity index (χ0v) is 13.3. The van der Waals surface area contributed by atoms with Gasteiger partial charge < -0.3 is 15.5 Å². The van der Waals surface area contributed by atoms with Crippen LogP contribution in [0.25, 0.3) is 0 Å². The molecule has 1 aliphatic rings. The zero-order chi connectivity index (χ0) is 15.2. The highest BCUT2D eigenvalue weighted by atomic mass is 16.2. The van der Waals surface area contributed by atoms with Crippen LogP contribution in [0.2, 0.25) is 0 Å². The lowest BCUT2D eigenvalue weighted by molar-refractivity contribution is -0.142. The fourth-order valence-electron chi connectivity index (χ4n) is 2.45. The number of hydrogen-bond donors (Lipinski definition) is 2. The van der Waals surface area contributed by atoms with Gasteiger partial charge in [-0.25, -0.2) is 0 Å². The Morgan fingerprint density at radius 3 is 2.55 bits per heavy atom. The summed E-state index contributed by atoms with van der Waals surface area (Å²) in [6.45, 7) is 11.5. The third-order valence-electron chi connectivity index (χ3n) is 3.57. The minimum atomic E-state index is -0.372. The van der Waals surface area contributed by atoms with Gasteiger partial charge in [0.2, 0.25) is 11.8 Å². The maximum atomic E-state index is 12.3. The highest BCUT2D eigenvalue weighted by molar-refractivity contribution is 5.83. The van der Waals surface area contributed by atoms with Gasteiger partial charge in [0.05, 0.1) is 5.92 Å². The number of carbonyl (C=O) groups excluding carboxylic acids is 2. The molecule has 0 radical (unpaired) electrons. The minimum Gasteiger partial charge on any atom is -0.355 e. The van der Waals surface area contributed by atoms with E-state index in [2.05, 4.69) is 10.6 Å². The first-order valence-electron chi connectivity index (χ1n) is 7.64. The summed E-state index contributed by atoms with van der Waals surface area (Å²) >= 11 is 0. The van der Waals surface area contributed by atoms with Crippen molar-refractivity contribution in [3.63, 3.8) is 0 Å². The molecule has 0 aromatic rings. The second kappa shape index (κ2) is 7.62. The van der Waals surface area contributed by atoms with Crippen LogP contribution in [0, 0.1) is 11.3 Å². The van der Waals surface area contributed by atoms with Crippen molar-refractivity contribution in [1.82, 2.24) is 15.5 Å². The predicted octanol–water partition coefficient (Wildman–Crippen LogP) is 0.997. The Hall–Kier alpha value is -1.10. The molecule has 0 spiro atoms. The lowest BCUT2D eigenvalue weighted by Crippen LogP contribution is -2.49. The van der Waals surface area contributed by atoms with Crippen LogP contribution in [0.15, 0.2) is 0 Å². The van der Waals surface area contributed by atoms with Crippen molar-refractivity contribution >= 4 is 11.8 Å². The van der Waals surface area contributed by atoms with Crippen molar-refractivity contribution in [2.45, 2.75) is 40.5 Å². The summed E-state index contributed by atoms with van der Waals surface area (Å²) in [5, 5.41) is 6.12. The van der Waals surface area contributed by atoms with E-state index in [1.165, 1.54) is 0 Å². The smallest absolute Gasteiger partial charge is 0.227 e. The van der Waals surface area contributed by atoms with Crippen molar-refractivity contribution in [3.8, 4) is 0 Å². The van der Waals surface area contributed by atoms with E-state index in [-0.39, 0.29) is 23.1 Å². The summed E-state index contributed by atoms with van der Waals surface area (Å²) in [7, 11) is 0. The first-order valence-corrected chi connectivity index (χ1v) is 7.64. The summed E-state index contributed by atoms with van der Waals surface area (Å²) < 4.78 is 0. The molecule has 5 heteroatoms. The Labute approximate surface area is 122 Å². The van der Waals surface area contributed by atoms with Gasteiger partial charge in [-0.15, -0.1) is 0 Å². The molecule has 1 saturated heterocycles. The monoisotopic (exact) mass is 283 g/mol. The summed E-state index contributed by atoms with van der Waals surface area (Å²) in [4.78, 5) is 26.2. The number of likely N-dealkylation sites (tertiary alicyclic amines) is 1. The summed E-state index contributed by atoms with van der Waals surface area (Å²) in [5.41, 5.74) is -0.372. The molecule has 0 aliphatic carbocycles. The topological polar surface area (TPSA) is 61.4 Å². The summed E-state index contributed by atoms with van der Waals surface area (Å²) in [5.74, 6) is 0.161. The second-order valence-electron chi connectivity index (χ2n) is 6.48. The number of carbonyl (C=O) groups is 2. The van der Waals surface area contributed by atoms with Crippen LogP contribution < -0.4 is 10.6 Å². The predicted molar refractivity (Wildman–Crippen MR) is 80.3 cm³/mol. The molecule has 1 aliphatic heterocycles. The number of rotatable bonds is 5. The average Bonchev–Trinajstić information content (AvgIpc) is 2.41. The van der Waals surface area contributed by atoms with Crippen LogP contribution in [0.3, 0.4) is 0 Å².